The summed E-state index contributed by atoms with van der Waals surface area (Å²) in [4.78, 5) is 14.7. The van der Waals surface area contributed by atoms with Crippen LogP contribution < -0.4 is 5.32 Å². The molecular weight excluding hydrogens is 530 g/mol. The van der Waals surface area contributed by atoms with Crippen LogP contribution in [0.15, 0.2) is 59.5 Å². The number of aliphatic hydroxyl groups excluding tert-OH is 1. The second-order valence-electron chi connectivity index (χ2n) is 10.1. The normalized spacial score (nSPS) is 17.8. The van der Waals surface area contributed by atoms with Crippen LogP contribution in [0.3, 0.4) is 0 Å². The first-order chi connectivity index (χ1) is 17.9. The molecule has 38 heavy (non-hydrogen) atoms. The summed E-state index contributed by atoms with van der Waals surface area (Å²) in [5.41, 5.74) is 0.859. The van der Waals surface area contributed by atoms with Gasteiger partial charge in [0.2, 0.25) is 15.9 Å². The number of benzene rings is 2. The summed E-state index contributed by atoms with van der Waals surface area (Å²) in [5, 5.41) is 23.7. The van der Waals surface area contributed by atoms with Crippen molar-refractivity contribution >= 4 is 25.8 Å². The Morgan fingerprint density at radius 1 is 1.03 bits per heavy atom. The molecule has 0 aliphatic carbocycles. The van der Waals surface area contributed by atoms with E-state index < -0.39 is 32.0 Å². The highest BCUT2D eigenvalue weighted by atomic mass is 32.2. The summed E-state index contributed by atoms with van der Waals surface area (Å²) in [5.74, 6) is -0.477. The zero-order valence-corrected chi connectivity index (χ0v) is 23.4. The monoisotopic (exact) mass is 567 g/mol. The molecular formula is C26H37N3O7S2. The van der Waals surface area contributed by atoms with Gasteiger partial charge < -0.3 is 15.5 Å². The first kappa shape index (κ1) is 30.0. The molecule has 1 aliphatic heterocycles. The molecule has 0 radical (unpaired) electrons. The molecule has 2 aromatic carbocycles. The van der Waals surface area contributed by atoms with E-state index in [1.54, 1.807) is 4.90 Å². The maximum absolute atomic E-state index is 13.4. The molecule has 1 saturated heterocycles. The summed E-state index contributed by atoms with van der Waals surface area (Å²) in [7, 11) is -7.07. The van der Waals surface area contributed by atoms with Gasteiger partial charge in [-0.25, -0.2) is 16.8 Å². The minimum Gasteiger partial charge on any atom is -0.508 e. The highest BCUT2D eigenvalue weighted by Gasteiger charge is 2.32. The fourth-order valence-corrected chi connectivity index (χ4v) is 7.19. The van der Waals surface area contributed by atoms with Crippen molar-refractivity contribution in [1.29, 1.82) is 0 Å². The number of amides is 1. The van der Waals surface area contributed by atoms with Gasteiger partial charge in [0, 0.05) is 26.2 Å². The summed E-state index contributed by atoms with van der Waals surface area (Å²) in [6.07, 6.45) is -0.955. The van der Waals surface area contributed by atoms with Crippen LogP contribution in [0.4, 0.5) is 0 Å². The first-order valence-electron chi connectivity index (χ1n) is 12.6. The number of rotatable bonds is 12. The van der Waals surface area contributed by atoms with Gasteiger partial charge in [0.05, 0.1) is 35.1 Å². The quantitative estimate of drug-likeness (QED) is 0.343. The van der Waals surface area contributed by atoms with Gasteiger partial charge in [-0.3, -0.25) is 9.69 Å². The van der Waals surface area contributed by atoms with Crippen LogP contribution in [-0.4, -0.2) is 98.5 Å². The number of sulfonamides is 1. The fraction of sp³-hybridized carbons (Fsp3) is 0.500. The van der Waals surface area contributed by atoms with Crippen molar-refractivity contribution in [3.05, 3.63) is 60.2 Å². The van der Waals surface area contributed by atoms with Gasteiger partial charge in [0.1, 0.15) is 5.75 Å². The first-order valence-corrected chi connectivity index (χ1v) is 15.8. The number of carbonyl (C=O) groups excluding carboxylic acids is 1. The van der Waals surface area contributed by atoms with Crippen LogP contribution in [0.2, 0.25) is 0 Å². The van der Waals surface area contributed by atoms with Gasteiger partial charge in [-0.1, -0.05) is 44.2 Å². The third-order valence-corrected chi connectivity index (χ3v) is 9.80. The van der Waals surface area contributed by atoms with E-state index >= 15 is 0 Å². The molecule has 210 valence electrons. The van der Waals surface area contributed by atoms with Crippen LogP contribution in [0, 0.1) is 5.92 Å². The minimum atomic E-state index is -3.99. The summed E-state index contributed by atoms with van der Waals surface area (Å²) >= 11 is 0. The van der Waals surface area contributed by atoms with Gasteiger partial charge in [0.15, 0.2) is 9.84 Å². The SMILES string of the molecule is CC(C)CN(C[C@@H](O)[C@H](Cc1ccccc1)NC(=O)CN1CCS(=O)(=O)CC1)S(=O)(=O)c1ccc(O)cc1. The van der Waals surface area contributed by atoms with Crippen molar-refractivity contribution in [2.75, 3.05) is 44.2 Å². The third-order valence-electron chi connectivity index (χ3n) is 6.35. The lowest BCUT2D eigenvalue weighted by atomic mass is 10.0. The molecule has 1 heterocycles. The van der Waals surface area contributed by atoms with E-state index in [1.807, 2.05) is 44.2 Å². The number of nitrogens with one attached hydrogen (secondary N) is 1. The minimum absolute atomic E-state index is 0.00433. The van der Waals surface area contributed by atoms with Crippen molar-refractivity contribution in [3.8, 4) is 5.75 Å². The Labute approximate surface area is 225 Å². The molecule has 1 amide bonds. The molecule has 1 fully saturated rings. The predicted octanol–water partition coefficient (Wildman–Crippen LogP) is 0.858. The lowest BCUT2D eigenvalue weighted by Crippen LogP contribution is -2.53. The molecule has 2 aromatic rings. The van der Waals surface area contributed by atoms with Gasteiger partial charge in [-0.15, -0.1) is 0 Å². The van der Waals surface area contributed by atoms with E-state index in [4.69, 9.17) is 0 Å². The molecule has 0 unspecified atom stereocenters. The fourth-order valence-electron chi connectivity index (χ4n) is 4.30. The lowest BCUT2D eigenvalue weighted by molar-refractivity contribution is -0.123. The van der Waals surface area contributed by atoms with Gasteiger partial charge in [0.25, 0.3) is 0 Å². The van der Waals surface area contributed by atoms with Crippen molar-refractivity contribution in [2.24, 2.45) is 5.92 Å². The van der Waals surface area contributed by atoms with Crippen molar-refractivity contribution < 1.29 is 31.8 Å². The van der Waals surface area contributed by atoms with Crippen LogP contribution in [0.25, 0.3) is 0 Å². The third kappa shape index (κ3) is 8.77. The number of carbonyl (C=O) groups is 1. The number of sulfone groups is 1. The Morgan fingerprint density at radius 3 is 2.21 bits per heavy atom. The Bertz CT molecular complexity index is 1250. The van der Waals surface area contributed by atoms with Crippen LogP contribution >= 0.6 is 0 Å². The number of phenolic OH excluding ortho intramolecular Hbond substituents is 1. The Hall–Kier alpha value is -2.51. The van der Waals surface area contributed by atoms with E-state index in [1.165, 1.54) is 28.6 Å². The van der Waals surface area contributed by atoms with E-state index in [0.29, 0.717) is 0 Å². The van der Waals surface area contributed by atoms with Crippen molar-refractivity contribution in [3.63, 3.8) is 0 Å². The molecule has 0 aromatic heterocycles. The number of nitrogens with zero attached hydrogens (tertiary/aromatic N) is 2. The van der Waals surface area contributed by atoms with E-state index in [9.17, 15) is 31.8 Å². The molecule has 10 nitrogen and oxygen atoms in total. The van der Waals surface area contributed by atoms with Gasteiger partial charge in [-0.05, 0) is 42.2 Å². The average molecular weight is 568 g/mol. The standard InChI is InChI=1S/C26H37N3O7S2/c1-20(2)17-29(38(35,36)23-10-8-22(30)9-11-23)18-25(31)24(16-21-6-4-3-5-7-21)27-26(32)19-28-12-14-37(33,34)15-13-28/h3-11,20,24-25,30-31H,12-19H2,1-2H3,(H,27,32)/t24-,25+/m0/s1. The smallest absolute Gasteiger partial charge is 0.243 e. The summed E-state index contributed by atoms with van der Waals surface area (Å²) in [6, 6.07) is 13.7. The van der Waals surface area contributed by atoms with Gasteiger partial charge in [-0.2, -0.15) is 4.31 Å². The Morgan fingerprint density at radius 2 is 1.63 bits per heavy atom. The number of hydrogen-bond donors (Lipinski definition) is 3. The maximum Gasteiger partial charge on any atom is 0.243 e. The molecule has 3 N–H and O–H groups in total. The maximum atomic E-state index is 13.4. The highest BCUT2D eigenvalue weighted by molar-refractivity contribution is 7.91. The van der Waals surface area contributed by atoms with E-state index in [2.05, 4.69) is 5.32 Å². The Balaban J connectivity index is 1.78. The number of phenols is 1. The van der Waals surface area contributed by atoms with Crippen molar-refractivity contribution in [2.45, 2.75) is 37.3 Å². The largest absolute Gasteiger partial charge is 0.508 e. The topological polar surface area (TPSA) is 144 Å². The average Bonchev–Trinajstić information content (AvgIpc) is 2.85. The molecule has 12 heteroatoms. The molecule has 3 rings (SSSR count). The zero-order chi connectivity index (χ0) is 27.9. The molecule has 0 saturated carbocycles. The molecule has 2 atom stereocenters. The van der Waals surface area contributed by atoms with Crippen LogP contribution in [0.1, 0.15) is 19.4 Å². The number of aromatic hydroxyl groups is 1. The second-order valence-corrected chi connectivity index (χ2v) is 14.3. The highest BCUT2D eigenvalue weighted by Crippen LogP contribution is 2.21. The zero-order valence-electron chi connectivity index (χ0n) is 21.7. The van der Waals surface area contributed by atoms with E-state index in [-0.39, 0.29) is 73.1 Å². The van der Waals surface area contributed by atoms with Gasteiger partial charge >= 0.3 is 0 Å². The predicted molar refractivity (Wildman–Crippen MR) is 145 cm³/mol. The summed E-state index contributed by atoms with van der Waals surface area (Å²) < 4.78 is 51.5. The summed E-state index contributed by atoms with van der Waals surface area (Å²) in [6.45, 7) is 4.13. The number of aliphatic hydroxyl groups is 1. The molecule has 0 spiro atoms. The van der Waals surface area contributed by atoms with Crippen molar-refractivity contribution in [1.82, 2.24) is 14.5 Å². The van der Waals surface area contributed by atoms with E-state index in [0.717, 1.165) is 5.56 Å². The Kier molecular flexibility index (Phi) is 10.3. The number of hydrogen-bond acceptors (Lipinski definition) is 8. The van der Waals surface area contributed by atoms with Crippen LogP contribution in [0.5, 0.6) is 5.75 Å². The lowest BCUT2D eigenvalue weighted by Gasteiger charge is -2.32. The molecule has 0 bridgehead atoms. The molecule has 1 aliphatic rings. The van der Waals surface area contributed by atoms with Crippen LogP contribution in [-0.2, 0) is 31.1 Å². The second kappa shape index (κ2) is 13.0.